The summed E-state index contributed by atoms with van der Waals surface area (Å²) in [4.78, 5) is 7.83. The van der Waals surface area contributed by atoms with Crippen molar-refractivity contribution in [3.8, 4) is 11.6 Å². The van der Waals surface area contributed by atoms with Crippen molar-refractivity contribution < 1.29 is 9.47 Å². The van der Waals surface area contributed by atoms with Gasteiger partial charge in [0.15, 0.2) is 5.82 Å². The van der Waals surface area contributed by atoms with Gasteiger partial charge in [0.2, 0.25) is 5.75 Å². The Balaban J connectivity index is 2.90. The lowest BCUT2D eigenvalue weighted by molar-refractivity contribution is 0.282. The van der Waals surface area contributed by atoms with Crippen molar-refractivity contribution in [3.05, 3.63) is 6.33 Å². The van der Waals surface area contributed by atoms with E-state index in [-0.39, 0.29) is 0 Å². The van der Waals surface area contributed by atoms with E-state index >= 15 is 0 Å². The van der Waals surface area contributed by atoms with Crippen LogP contribution in [0.15, 0.2) is 6.33 Å². The topological polar surface area (TPSA) is 82.3 Å². The average Bonchev–Trinajstić information content (AvgIpc) is 2.25. The van der Waals surface area contributed by atoms with Crippen LogP contribution in [0.25, 0.3) is 0 Å². The Labute approximate surface area is 82.4 Å². The van der Waals surface area contributed by atoms with Crippen molar-refractivity contribution >= 4 is 5.82 Å². The highest BCUT2D eigenvalue weighted by atomic mass is 16.5. The summed E-state index contributed by atoms with van der Waals surface area (Å²) < 4.78 is 10.4. The fourth-order valence-corrected chi connectivity index (χ4v) is 0.946. The average molecular weight is 198 g/mol. The predicted octanol–water partition coefficient (Wildman–Crippen LogP) is 0.560. The van der Waals surface area contributed by atoms with Crippen molar-refractivity contribution in [2.24, 2.45) is 5.84 Å². The Morgan fingerprint density at radius 2 is 2.29 bits per heavy atom. The van der Waals surface area contributed by atoms with E-state index in [1.54, 1.807) is 0 Å². The van der Waals surface area contributed by atoms with E-state index < -0.39 is 0 Å². The number of rotatable bonds is 5. The van der Waals surface area contributed by atoms with Gasteiger partial charge in [-0.15, -0.1) is 0 Å². The molecule has 14 heavy (non-hydrogen) atoms. The molecule has 0 aliphatic carbocycles. The molecule has 0 saturated carbocycles. The fourth-order valence-electron chi connectivity index (χ4n) is 0.946. The van der Waals surface area contributed by atoms with Crippen molar-refractivity contribution in [2.75, 3.05) is 19.1 Å². The summed E-state index contributed by atoms with van der Waals surface area (Å²) in [5.74, 6) is 6.48. The zero-order valence-electron chi connectivity index (χ0n) is 8.28. The van der Waals surface area contributed by atoms with Gasteiger partial charge < -0.3 is 14.9 Å². The largest absolute Gasteiger partial charge is 0.489 e. The second-order valence-electron chi connectivity index (χ2n) is 2.55. The van der Waals surface area contributed by atoms with Gasteiger partial charge in [-0.25, -0.2) is 10.8 Å². The number of aromatic nitrogens is 2. The maximum absolute atomic E-state index is 5.35. The molecule has 0 atom stereocenters. The van der Waals surface area contributed by atoms with Crippen LogP contribution in [-0.2, 0) is 0 Å². The number of anilines is 1. The van der Waals surface area contributed by atoms with Gasteiger partial charge in [-0.05, 0) is 6.42 Å². The maximum atomic E-state index is 5.35. The normalized spacial score (nSPS) is 9.64. The van der Waals surface area contributed by atoms with Crippen LogP contribution < -0.4 is 20.7 Å². The van der Waals surface area contributed by atoms with Crippen LogP contribution in [0.5, 0.6) is 11.6 Å². The first-order valence-corrected chi connectivity index (χ1v) is 4.31. The van der Waals surface area contributed by atoms with Gasteiger partial charge in [-0.2, -0.15) is 4.98 Å². The third-order valence-electron chi connectivity index (χ3n) is 1.55. The smallest absolute Gasteiger partial charge is 0.262 e. The summed E-state index contributed by atoms with van der Waals surface area (Å²) in [6.07, 6.45) is 2.27. The van der Waals surface area contributed by atoms with Gasteiger partial charge in [0.1, 0.15) is 6.33 Å². The monoisotopic (exact) mass is 198 g/mol. The summed E-state index contributed by atoms with van der Waals surface area (Å²) in [5.41, 5.74) is 2.41. The number of ether oxygens (including phenoxy) is 2. The first kappa shape index (κ1) is 10.5. The third kappa shape index (κ3) is 2.23. The van der Waals surface area contributed by atoms with E-state index in [0.29, 0.717) is 24.1 Å². The number of hydrogen-bond donors (Lipinski definition) is 2. The van der Waals surface area contributed by atoms with Gasteiger partial charge in [-0.1, -0.05) is 6.92 Å². The molecule has 0 unspecified atom stereocenters. The molecule has 3 N–H and O–H groups in total. The van der Waals surface area contributed by atoms with Crippen molar-refractivity contribution in [1.29, 1.82) is 0 Å². The van der Waals surface area contributed by atoms with Gasteiger partial charge in [0.05, 0.1) is 13.7 Å². The summed E-state index contributed by atoms with van der Waals surface area (Å²) in [5, 5.41) is 0. The maximum Gasteiger partial charge on any atom is 0.262 e. The second kappa shape index (κ2) is 5.23. The molecule has 0 saturated heterocycles. The molecule has 0 amide bonds. The zero-order chi connectivity index (χ0) is 10.4. The molecule has 0 radical (unpaired) electrons. The number of nitrogen functional groups attached to an aromatic ring is 1. The van der Waals surface area contributed by atoms with Gasteiger partial charge in [-0.3, -0.25) is 0 Å². The van der Waals surface area contributed by atoms with E-state index in [9.17, 15) is 0 Å². The number of hydrogen-bond acceptors (Lipinski definition) is 6. The highest BCUT2D eigenvalue weighted by Gasteiger charge is 2.11. The van der Waals surface area contributed by atoms with Crippen molar-refractivity contribution in [1.82, 2.24) is 9.97 Å². The second-order valence-corrected chi connectivity index (χ2v) is 2.55. The summed E-state index contributed by atoms with van der Waals surface area (Å²) in [6.45, 7) is 2.59. The standard InChI is InChI=1S/C8H14N4O2/c1-3-4-14-8-6(13-2)7(12-9)10-5-11-8/h5H,3-4,9H2,1-2H3,(H,10,11,12). The fraction of sp³-hybridized carbons (Fsp3) is 0.500. The number of nitrogens with two attached hydrogens (primary N) is 1. The van der Waals surface area contributed by atoms with Crippen LogP contribution >= 0.6 is 0 Å². The minimum absolute atomic E-state index is 0.400. The minimum atomic E-state index is 0.400. The lowest BCUT2D eigenvalue weighted by atomic mass is 10.5. The molecule has 78 valence electrons. The molecule has 1 aromatic rings. The van der Waals surface area contributed by atoms with E-state index in [2.05, 4.69) is 15.4 Å². The quantitative estimate of drug-likeness (QED) is 0.531. The number of nitrogens with zero attached hydrogens (tertiary/aromatic N) is 2. The molecule has 0 spiro atoms. The molecule has 6 heteroatoms. The van der Waals surface area contributed by atoms with Crippen LogP contribution in [0.3, 0.4) is 0 Å². The Morgan fingerprint density at radius 3 is 2.86 bits per heavy atom. The minimum Gasteiger partial charge on any atom is -0.489 e. The molecule has 1 aromatic heterocycles. The van der Waals surface area contributed by atoms with E-state index in [4.69, 9.17) is 15.3 Å². The Morgan fingerprint density at radius 1 is 1.50 bits per heavy atom. The van der Waals surface area contributed by atoms with Crippen LogP contribution in [0.2, 0.25) is 0 Å². The molecular weight excluding hydrogens is 184 g/mol. The highest BCUT2D eigenvalue weighted by molar-refractivity contribution is 5.54. The lowest BCUT2D eigenvalue weighted by Crippen LogP contribution is -2.11. The van der Waals surface area contributed by atoms with E-state index in [1.165, 1.54) is 13.4 Å². The highest BCUT2D eigenvalue weighted by Crippen LogP contribution is 2.29. The molecule has 0 aliphatic heterocycles. The SMILES string of the molecule is CCCOc1ncnc(NN)c1OC. The summed E-state index contributed by atoms with van der Waals surface area (Å²) >= 11 is 0. The Bertz CT molecular complexity index is 293. The van der Waals surface area contributed by atoms with Crippen molar-refractivity contribution in [3.63, 3.8) is 0 Å². The lowest BCUT2D eigenvalue weighted by Gasteiger charge is -2.10. The predicted molar refractivity (Wildman–Crippen MR) is 52.2 cm³/mol. The molecule has 0 aliphatic rings. The first-order valence-electron chi connectivity index (χ1n) is 4.31. The van der Waals surface area contributed by atoms with Crippen LogP contribution in [-0.4, -0.2) is 23.7 Å². The van der Waals surface area contributed by atoms with Gasteiger partial charge >= 0.3 is 0 Å². The van der Waals surface area contributed by atoms with Gasteiger partial charge in [0, 0.05) is 0 Å². The zero-order valence-corrected chi connectivity index (χ0v) is 8.28. The number of hydrazine groups is 1. The van der Waals surface area contributed by atoms with Crippen LogP contribution in [0.1, 0.15) is 13.3 Å². The molecule has 0 aromatic carbocycles. The molecule has 1 rings (SSSR count). The van der Waals surface area contributed by atoms with Gasteiger partial charge in [0.25, 0.3) is 5.88 Å². The molecule has 0 bridgehead atoms. The van der Waals surface area contributed by atoms with Crippen molar-refractivity contribution in [2.45, 2.75) is 13.3 Å². The molecule has 1 heterocycles. The third-order valence-corrected chi connectivity index (χ3v) is 1.55. The summed E-state index contributed by atoms with van der Waals surface area (Å²) in [7, 11) is 1.51. The number of nitrogens with one attached hydrogen (secondary N) is 1. The van der Waals surface area contributed by atoms with Crippen LogP contribution in [0.4, 0.5) is 5.82 Å². The molecule has 0 fully saturated rings. The van der Waals surface area contributed by atoms with Crippen LogP contribution in [0, 0.1) is 0 Å². The van der Waals surface area contributed by atoms with E-state index in [0.717, 1.165) is 6.42 Å². The Kier molecular flexibility index (Phi) is 3.93. The van der Waals surface area contributed by atoms with E-state index in [1.807, 2.05) is 6.92 Å². The Hall–Kier alpha value is -1.56. The summed E-state index contributed by atoms with van der Waals surface area (Å²) in [6, 6.07) is 0. The molecular formula is C8H14N4O2. The molecule has 6 nitrogen and oxygen atoms in total. The number of methoxy groups -OCH3 is 1. The first-order chi connectivity index (χ1) is 6.83.